The molecule has 0 saturated carbocycles. The summed E-state index contributed by atoms with van der Waals surface area (Å²) < 4.78 is 8.94. The number of fused-ring (bicyclic) bond motifs is 1. The number of ether oxygens (including phenoxy) is 1. The number of methoxy groups -OCH3 is 1. The summed E-state index contributed by atoms with van der Waals surface area (Å²) in [6.45, 7) is 8.26. The number of rotatable bonds is 4. The minimum atomic E-state index is -0.130. The van der Waals surface area contributed by atoms with Crippen molar-refractivity contribution >= 4 is 5.91 Å². The van der Waals surface area contributed by atoms with E-state index in [1.54, 1.807) is 11.8 Å². The molecule has 1 amide bonds. The van der Waals surface area contributed by atoms with Gasteiger partial charge in [-0.15, -0.1) is 10.2 Å². The maximum Gasteiger partial charge on any atom is 0.272 e. The monoisotopic (exact) mass is 318 g/mol. The number of aryl methyl sites for hydroxylation is 2. The minimum absolute atomic E-state index is 0.0116. The van der Waals surface area contributed by atoms with Gasteiger partial charge in [0.1, 0.15) is 12.3 Å². The Morgan fingerprint density at radius 3 is 2.87 bits per heavy atom. The van der Waals surface area contributed by atoms with Crippen LogP contribution in [0.15, 0.2) is 6.07 Å². The van der Waals surface area contributed by atoms with Gasteiger partial charge in [0, 0.05) is 26.7 Å². The van der Waals surface area contributed by atoms with E-state index in [0.29, 0.717) is 31.9 Å². The quantitative estimate of drug-likeness (QED) is 0.845. The third-order valence-corrected chi connectivity index (χ3v) is 4.22. The largest absolute Gasteiger partial charge is 0.377 e. The normalized spacial score (nSPS) is 17.4. The highest BCUT2D eigenvalue weighted by Crippen LogP contribution is 2.26. The first kappa shape index (κ1) is 15.7. The molecule has 2 aromatic rings. The van der Waals surface area contributed by atoms with E-state index in [1.165, 1.54) is 0 Å². The molecular weight excluding hydrogens is 296 g/mol. The molecule has 3 heterocycles. The highest BCUT2D eigenvalue weighted by Gasteiger charge is 2.33. The molecule has 1 aliphatic heterocycles. The van der Waals surface area contributed by atoms with E-state index >= 15 is 0 Å². The topological polar surface area (TPSA) is 78.1 Å². The number of hydrogen-bond donors (Lipinski definition) is 0. The molecule has 1 atom stereocenters. The summed E-state index contributed by atoms with van der Waals surface area (Å²) in [7, 11) is 1.64. The van der Waals surface area contributed by atoms with Gasteiger partial charge in [-0.1, -0.05) is 0 Å². The summed E-state index contributed by atoms with van der Waals surface area (Å²) >= 11 is 0. The molecule has 23 heavy (non-hydrogen) atoms. The van der Waals surface area contributed by atoms with Crippen LogP contribution in [0.25, 0.3) is 0 Å². The Morgan fingerprint density at radius 1 is 1.39 bits per heavy atom. The lowest BCUT2D eigenvalue weighted by Gasteiger charge is -2.33. The number of carbonyl (C=O) groups excluding carboxylic acids is 1. The molecule has 8 heteroatoms. The van der Waals surface area contributed by atoms with Gasteiger partial charge in [-0.25, -0.2) is 0 Å². The van der Waals surface area contributed by atoms with Crippen molar-refractivity contribution in [2.24, 2.45) is 0 Å². The van der Waals surface area contributed by atoms with Crippen molar-refractivity contribution in [2.75, 3.05) is 13.7 Å². The van der Waals surface area contributed by atoms with Gasteiger partial charge in [0.2, 0.25) is 0 Å². The van der Waals surface area contributed by atoms with Gasteiger partial charge in [-0.2, -0.15) is 5.10 Å². The van der Waals surface area contributed by atoms with E-state index < -0.39 is 0 Å². The Morgan fingerprint density at radius 2 is 2.17 bits per heavy atom. The van der Waals surface area contributed by atoms with Crippen molar-refractivity contribution in [3.8, 4) is 0 Å². The summed E-state index contributed by atoms with van der Waals surface area (Å²) in [5.74, 6) is 1.59. The van der Waals surface area contributed by atoms with Crippen molar-refractivity contribution < 1.29 is 9.53 Å². The summed E-state index contributed by atoms with van der Waals surface area (Å²) in [4.78, 5) is 14.8. The lowest BCUT2D eigenvalue weighted by atomic mass is 10.2. The van der Waals surface area contributed by atoms with Gasteiger partial charge in [-0.05, 0) is 26.8 Å². The fraction of sp³-hybridized carbons (Fsp3) is 0.600. The zero-order valence-electron chi connectivity index (χ0n) is 14.0. The number of nitrogens with zero attached hydrogens (tertiary/aromatic N) is 6. The standard InChI is InChI=1S/C15H22N6O2/c1-5-21-12(8-10(2)18-21)15(22)19-6-7-20-13(9-23-4)16-17-14(20)11(19)3/h8,11H,5-7,9H2,1-4H3. The Bertz CT molecular complexity index is 720. The number of carbonyl (C=O) groups is 1. The van der Waals surface area contributed by atoms with Crippen molar-refractivity contribution in [3.63, 3.8) is 0 Å². The van der Waals surface area contributed by atoms with Crippen molar-refractivity contribution in [1.82, 2.24) is 29.4 Å². The molecular formula is C15H22N6O2. The van der Waals surface area contributed by atoms with E-state index in [2.05, 4.69) is 15.3 Å². The van der Waals surface area contributed by atoms with E-state index in [-0.39, 0.29) is 11.9 Å². The smallest absolute Gasteiger partial charge is 0.272 e. The van der Waals surface area contributed by atoms with Crippen LogP contribution in [0, 0.1) is 6.92 Å². The molecule has 1 unspecified atom stereocenters. The summed E-state index contributed by atoms with van der Waals surface area (Å²) in [6.07, 6.45) is 0. The molecule has 0 N–H and O–H groups in total. The van der Waals surface area contributed by atoms with Crippen LogP contribution in [-0.4, -0.2) is 49.0 Å². The lowest BCUT2D eigenvalue weighted by Crippen LogP contribution is -2.42. The lowest BCUT2D eigenvalue weighted by molar-refractivity contribution is 0.0620. The number of amides is 1. The molecule has 2 aromatic heterocycles. The van der Waals surface area contributed by atoms with Crippen LogP contribution < -0.4 is 0 Å². The van der Waals surface area contributed by atoms with Crippen LogP contribution in [0.4, 0.5) is 0 Å². The zero-order valence-corrected chi connectivity index (χ0v) is 14.0. The average Bonchev–Trinajstić information content (AvgIpc) is 3.11. The van der Waals surface area contributed by atoms with Gasteiger partial charge >= 0.3 is 0 Å². The van der Waals surface area contributed by atoms with Gasteiger partial charge in [0.25, 0.3) is 5.91 Å². The van der Waals surface area contributed by atoms with Crippen LogP contribution in [0.1, 0.15) is 47.7 Å². The van der Waals surface area contributed by atoms with Crippen LogP contribution in [0.3, 0.4) is 0 Å². The molecule has 0 bridgehead atoms. The molecule has 0 aromatic carbocycles. The minimum Gasteiger partial charge on any atom is -0.377 e. The summed E-state index contributed by atoms with van der Waals surface area (Å²) in [5, 5.41) is 12.8. The highest BCUT2D eigenvalue weighted by atomic mass is 16.5. The van der Waals surface area contributed by atoms with Crippen molar-refractivity contribution in [2.45, 2.75) is 46.5 Å². The van der Waals surface area contributed by atoms with Crippen LogP contribution in [0.2, 0.25) is 0 Å². The molecule has 8 nitrogen and oxygen atoms in total. The maximum absolute atomic E-state index is 12.9. The third-order valence-electron chi connectivity index (χ3n) is 4.22. The summed E-state index contributed by atoms with van der Waals surface area (Å²) in [5.41, 5.74) is 1.48. The first-order valence-electron chi connectivity index (χ1n) is 7.83. The third kappa shape index (κ3) is 2.63. The summed E-state index contributed by atoms with van der Waals surface area (Å²) in [6, 6.07) is 1.71. The predicted molar refractivity (Wildman–Crippen MR) is 82.8 cm³/mol. The second kappa shape index (κ2) is 6.11. The first-order chi connectivity index (χ1) is 11.1. The molecule has 0 radical (unpaired) electrons. The Labute approximate surface area is 135 Å². The average molecular weight is 318 g/mol. The Hall–Kier alpha value is -2.22. The van der Waals surface area contributed by atoms with E-state index in [1.807, 2.05) is 36.3 Å². The molecule has 0 aliphatic carbocycles. The Balaban J connectivity index is 1.88. The van der Waals surface area contributed by atoms with E-state index in [0.717, 1.165) is 17.3 Å². The van der Waals surface area contributed by atoms with Gasteiger partial charge in [0.05, 0.1) is 11.7 Å². The number of hydrogen-bond acceptors (Lipinski definition) is 5. The second-order valence-electron chi connectivity index (χ2n) is 5.72. The fourth-order valence-electron chi connectivity index (χ4n) is 3.06. The van der Waals surface area contributed by atoms with Crippen molar-refractivity contribution in [3.05, 3.63) is 29.1 Å². The highest BCUT2D eigenvalue weighted by molar-refractivity contribution is 5.93. The molecule has 0 saturated heterocycles. The molecule has 0 fully saturated rings. The molecule has 0 spiro atoms. The van der Waals surface area contributed by atoms with Crippen LogP contribution in [0.5, 0.6) is 0 Å². The maximum atomic E-state index is 12.9. The molecule has 1 aliphatic rings. The number of aromatic nitrogens is 5. The van der Waals surface area contributed by atoms with E-state index in [4.69, 9.17) is 4.74 Å². The molecule has 124 valence electrons. The van der Waals surface area contributed by atoms with Crippen molar-refractivity contribution in [1.29, 1.82) is 0 Å². The Kier molecular flexibility index (Phi) is 4.16. The zero-order chi connectivity index (χ0) is 16.6. The van der Waals surface area contributed by atoms with Gasteiger partial charge in [-0.3, -0.25) is 9.48 Å². The van der Waals surface area contributed by atoms with Crippen LogP contribution >= 0.6 is 0 Å². The fourth-order valence-corrected chi connectivity index (χ4v) is 3.06. The van der Waals surface area contributed by atoms with Crippen LogP contribution in [-0.2, 0) is 24.4 Å². The van der Waals surface area contributed by atoms with Gasteiger partial charge < -0.3 is 14.2 Å². The second-order valence-corrected chi connectivity index (χ2v) is 5.72. The van der Waals surface area contributed by atoms with Gasteiger partial charge in [0.15, 0.2) is 11.6 Å². The molecule has 3 rings (SSSR count). The first-order valence-corrected chi connectivity index (χ1v) is 7.83. The SMILES string of the molecule is CCn1nc(C)cc1C(=O)N1CCn2c(COC)nnc2C1C. The van der Waals surface area contributed by atoms with E-state index in [9.17, 15) is 4.79 Å². The predicted octanol–water partition coefficient (Wildman–Crippen LogP) is 1.17.